The van der Waals surface area contributed by atoms with E-state index in [1.807, 2.05) is 61.5 Å². The predicted octanol–water partition coefficient (Wildman–Crippen LogP) is 5.34. The summed E-state index contributed by atoms with van der Waals surface area (Å²) >= 11 is 1.16. The molecule has 0 aliphatic heterocycles. The largest absolute Gasteiger partial charge is 0.494 e. The highest BCUT2D eigenvalue weighted by atomic mass is 32.2. The number of para-hydroxylation sites is 1. The molecule has 2 aromatic rings. The summed E-state index contributed by atoms with van der Waals surface area (Å²) in [5.41, 5.74) is -0.467. The first-order valence-corrected chi connectivity index (χ1v) is 11.2. The van der Waals surface area contributed by atoms with Crippen molar-refractivity contribution in [2.75, 3.05) is 19.8 Å². The molecule has 0 aliphatic rings. The van der Waals surface area contributed by atoms with Gasteiger partial charge in [-0.25, -0.2) is 4.79 Å². The standard InChI is InChI=1S/C24H32O5S/c1-3-27-23(25)24(26,19-29-30-22-15-13-20(2)14-16-22)17-9-4-5-10-18-28-21-11-7-6-8-12-21/h6-8,11-16,26H,3-5,9-10,17-19H2,1-2H3. The van der Waals surface area contributed by atoms with Gasteiger partial charge in [-0.2, -0.15) is 0 Å². The molecule has 0 heterocycles. The molecule has 2 rings (SSSR count). The fraction of sp³-hybridized carbons (Fsp3) is 0.458. The zero-order valence-electron chi connectivity index (χ0n) is 17.8. The number of aliphatic hydroxyl groups is 1. The number of hydrogen-bond acceptors (Lipinski definition) is 6. The normalized spacial score (nSPS) is 12.9. The van der Waals surface area contributed by atoms with Gasteiger partial charge in [0.25, 0.3) is 0 Å². The monoisotopic (exact) mass is 432 g/mol. The van der Waals surface area contributed by atoms with Gasteiger partial charge in [-0.05, 0) is 57.4 Å². The van der Waals surface area contributed by atoms with E-state index in [0.717, 1.165) is 47.5 Å². The molecular formula is C24H32O5S. The molecule has 164 valence electrons. The van der Waals surface area contributed by atoms with Gasteiger partial charge in [0.1, 0.15) is 12.4 Å². The molecular weight excluding hydrogens is 400 g/mol. The Hall–Kier alpha value is -2.02. The molecule has 0 radical (unpaired) electrons. The van der Waals surface area contributed by atoms with Crippen molar-refractivity contribution >= 4 is 18.0 Å². The maximum atomic E-state index is 12.3. The van der Waals surface area contributed by atoms with E-state index in [4.69, 9.17) is 13.7 Å². The fourth-order valence-corrected chi connectivity index (χ4v) is 3.50. The Bertz CT molecular complexity index is 735. The molecule has 2 aromatic carbocycles. The summed E-state index contributed by atoms with van der Waals surface area (Å²) in [6.45, 7) is 4.52. The second kappa shape index (κ2) is 13.3. The van der Waals surface area contributed by atoms with Crippen molar-refractivity contribution in [3.63, 3.8) is 0 Å². The summed E-state index contributed by atoms with van der Waals surface area (Å²) in [5.74, 6) is 0.249. The molecule has 0 bridgehead atoms. The van der Waals surface area contributed by atoms with Crippen LogP contribution in [-0.2, 0) is 13.7 Å². The first-order chi connectivity index (χ1) is 14.5. The Morgan fingerprint density at radius 2 is 1.70 bits per heavy atom. The highest BCUT2D eigenvalue weighted by Crippen LogP contribution is 2.25. The lowest BCUT2D eigenvalue weighted by atomic mass is 9.97. The van der Waals surface area contributed by atoms with E-state index in [1.54, 1.807) is 6.92 Å². The number of esters is 1. The van der Waals surface area contributed by atoms with E-state index in [2.05, 4.69) is 0 Å². The van der Waals surface area contributed by atoms with Crippen LogP contribution in [0.4, 0.5) is 0 Å². The highest BCUT2D eigenvalue weighted by Gasteiger charge is 2.37. The molecule has 6 heteroatoms. The predicted molar refractivity (Wildman–Crippen MR) is 120 cm³/mol. The maximum absolute atomic E-state index is 12.3. The van der Waals surface area contributed by atoms with Crippen molar-refractivity contribution in [3.05, 3.63) is 60.2 Å². The van der Waals surface area contributed by atoms with Crippen molar-refractivity contribution in [1.29, 1.82) is 0 Å². The Labute approximate surface area is 183 Å². The van der Waals surface area contributed by atoms with Gasteiger partial charge in [-0.15, -0.1) is 0 Å². The third-order valence-corrected chi connectivity index (χ3v) is 5.33. The number of rotatable bonds is 14. The van der Waals surface area contributed by atoms with Gasteiger partial charge in [0.2, 0.25) is 0 Å². The van der Waals surface area contributed by atoms with Gasteiger partial charge in [-0.3, -0.25) is 0 Å². The van der Waals surface area contributed by atoms with Crippen molar-refractivity contribution in [2.24, 2.45) is 0 Å². The topological polar surface area (TPSA) is 65.0 Å². The van der Waals surface area contributed by atoms with Gasteiger partial charge in [-0.1, -0.05) is 48.7 Å². The van der Waals surface area contributed by atoms with E-state index >= 15 is 0 Å². The molecule has 1 unspecified atom stereocenters. The Morgan fingerprint density at radius 1 is 1.00 bits per heavy atom. The first kappa shape index (κ1) is 24.3. The van der Waals surface area contributed by atoms with Crippen LogP contribution in [0, 0.1) is 6.92 Å². The third-order valence-electron chi connectivity index (χ3n) is 4.63. The minimum Gasteiger partial charge on any atom is -0.494 e. The number of carbonyl (C=O) groups is 1. The average molecular weight is 433 g/mol. The van der Waals surface area contributed by atoms with E-state index in [1.165, 1.54) is 0 Å². The Morgan fingerprint density at radius 3 is 2.40 bits per heavy atom. The van der Waals surface area contributed by atoms with E-state index < -0.39 is 11.6 Å². The highest BCUT2D eigenvalue weighted by molar-refractivity contribution is 7.94. The van der Waals surface area contributed by atoms with Crippen LogP contribution in [0.2, 0.25) is 0 Å². The van der Waals surface area contributed by atoms with E-state index in [-0.39, 0.29) is 13.2 Å². The molecule has 0 aromatic heterocycles. The summed E-state index contributed by atoms with van der Waals surface area (Å²) in [7, 11) is 0. The molecule has 0 spiro atoms. The maximum Gasteiger partial charge on any atom is 0.340 e. The van der Waals surface area contributed by atoms with Gasteiger partial charge < -0.3 is 18.8 Å². The van der Waals surface area contributed by atoms with Crippen molar-refractivity contribution < 1.29 is 23.6 Å². The quantitative estimate of drug-likeness (QED) is 0.247. The molecule has 0 amide bonds. The lowest BCUT2D eigenvalue weighted by molar-refractivity contribution is -0.168. The second-order valence-corrected chi connectivity index (χ2v) is 8.11. The Balaban J connectivity index is 1.70. The first-order valence-electron chi connectivity index (χ1n) is 10.5. The minimum absolute atomic E-state index is 0.110. The van der Waals surface area contributed by atoms with E-state index in [9.17, 15) is 9.90 Å². The van der Waals surface area contributed by atoms with E-state index in [0.29, 0.717) is 19.4 Å². The molecule has 1 N–H and O–H groups in total. The van der Waals surface area contributed by atoms with Crippen LogP contribution in [-0.4, -0.2) is 36.5 Å². The summed E-state index contributed by atoms with van der Waals surface area (Å²) < 4.78 is 16.3. The van der Waals surface area contributed by atoms with Crippen LogP contribution < -0.4 is 4.74 Å². The van der Waals surface area contributed by atoms with Gasteiger partial charge in [0.05, 0.1) is 13.2 Å². The molecule has 0 saturated carbocycles. The molecule has 0 aliphatic carbocycles. The number of carbonyl (C=O) groups excluding carboxylic acids is 1. The number of unbranched alkanes of at least 4 members (excludes halogenated alkanes) is 3. The smallest absolute Gasteiger partial charge is 0.340 e. The van der Waals surface area contributed by atoms with Crippen LogP contribution in [0.15, 0.2) is 59.5 Å². The van der Waals surface area contributed by atoms with Crippen LogP contribution in [0.1, 0.15) is 44.6 Å². The van der Waals surface area contributed by atoms with Gasteiger partial charge in [0.15, 0.2) is 5.60 Å². The third kappa shape index (κ3) is 8.78. The fourth-order valence-electron chi connectivity index (χ4n) is 2.87. The molecule has 30 heavy (non-hydrogen) atoms. The zero-order valence-corrected chi connectivity index (χ0v) is 18.7. The molecule has 1 atom stereocenters. The number of benzene rings is 2. The van der Waals surface area contributed by atoms with Gasteiger partial charge in [0, 0.05) is 16.9 Å². The summed E-state index contributed by atoms with van der Waals surface area (Å²) in [6.07, 6.45) is 3.79. The molecule has 0 fully saturated rings. The average Bonchev–Trinajstić information content (AvgIpc) is 2.75. The minimum atomic E-state index is -1.63. The second-order valence-electron chi connectivity index (χ2n) is 7.24. The lowest BCUT2D eigenvalue weighted by Crippen LogP contribution is -2.44. The lowest BCUT2D eigenvalue weighted by Gasteiger charge is -2.25. The number of hydrogen-bond donors (Lipinski definition) is 1. The Kier molecular flexibility index (Phi) is 10.8. The van der Waals surface area contributed by atoms with Crippen LogP contribution in [0.5, 0.6) is 5.75 Å². The number of ether oxygens (including phenoxy) is 2. The van der Waals surface area contributed by atoms with Crippen LogP contribution in [0.3, 0.4) is 0 Å². The van der Waals surface area contributed by atoms with Crippen molar-refractivity contribution in [1.82, 2.24) is 0 Å². The summed E-state index contributed by atoms with van der Waals surface area (Å²) in [4.78, 5) is 13.2. The van der Waals surface area contributed by atoms with Crippen molar-refractivity contribution in [2.45, 2.75) is 56.4 Å². The number of aryl methyl sites for hydroxylation is 1. The summed E-state index contributed by atoms with van der Waals surface area (Å²) in [5, 5.41) is 10.8. The molecule has 5 nitrogen and oxygen atoms in total. The molecule has 0 saturated heterocycles. The van der Waals surface area contributed by atoms with Gasteiger partial charge >= 0.3 is 5.97 Å². The zero-order chi connectivity index (χ0) is 21.7. The summed E-state index contributed by atoms with van der Waals surface area (Å²) in [6, 6.07) is 17.6. The van der Waals surface area contributed by atoms with Crippen LogP contribution in [0.25, 0.3) is 0 Å². The van der Waals surface area contributed by atoms with Crippen molar-refractivity contribution in [3.8, 4) is 5.75 Å². The SMILES string of the molecule is CCOC(=O)C(O)(CCCCCCOc1ccccc1)COSc1ccc(C)cc1. The van der Waals surface area contributed by atoms with Crippen LogP contribution >= 0.6 is 12.0 Å².